The smallest absolute Gasteiger partial charge is 0.311 e. The van der Waals surface area contributed by atoms with Crippen molar-refractivity contribution >= 4 is 5.97 Å². The second-order valence-electron chi connectivity index (χ2n) is 4.11. The maximum absolute atomic E-state index is 11.5. The van der Waals surface area contributed by atoms with Gasteiger partial charge in [0.2, 0.25) is 0 Å². The maximum atomic E-state index is 11.5. The van der Waals surface area contributed by atoms with Crippen LogP contribution >= 0.6 is 0 Å². The van der Waals surface area contributed by atoms with Gasteiger partial charge in [0, 0.05) is 7.11 Å². The van der Waals surface area contributed by atoms with E-state index in [0.29, 0.717) is 6.42 Å². The predicted octanol–water partition coefficient (Wildman–Crippen LogP) is 0.908. The first-order valence-electron chi connectivity index (χ1n) is 5.11. The van der Waals surface area contributed by atoms with Crippen LogP contribution in [-0.4, -0.2) is 38.0 Å². The summed E-state index contributed by atoms with van der Waals surface area (Å²) in [6.45, 7) is 1.95. The zero-order valence-corrected chi connectivity index (χ0v) is 9.23. The topological polar surface area (TPSA) is 44.8 Å². The highest BCUT2D eigenvalue weighted by Gasteiger charge is 2.54. The standard InChI is InChI=1S/C11H16O4/c1-7(13-2)11-5-4-9(15-11)8(6-11)10(12)14-3/h4-5,7-9H,6H2,1-3H3. The van der Waals surface area contributed by atoms with Gasteiger partial charge < -0.3 is 14.2 Å². The molecular formula is C11H16O4. The number of ether oxygens (including phenoxy) is 3. The molecule has 2 rings (SSSR count). The minimum atomic E-state index is -0.432. The molecule has 1 fully saturated rings. The van der Waals surface area contributed by atoms with Crippen molar-refractivity contribution < 1.29 is 19.0 Å². The summed E-state index contributed by atoms with van der Waals surface area (Å²) in [6.07, 6.45) is 4.39. The minimum Gasteiger partial charge on any atom is -0.469 e. The van der Waals surface area contributed by atoms with E-state index in [1.807, 2.05) is 19.1 Å². The minimum absolute atomic E-state index is 0.0478. The number of hydrogen-bond donors (Lipinski definition) is 0. The third-order valence-corrected chi connectivity index (χ3v) is 3.40. The molecule has 15 heavy (non-hydrogen) atoms. The Morgan fingerprint density at radius 1 is 1.60 bits per heavy atom. The van der Waals surface area contributed by atoms with E-state index in [4.69, 9.17) is 14.2 Å². The molecule has 0 N–H and O–H groups in total. The van der Waals surface area contributed by atoms with E-state index < -0.39 is 5.60 Å². The van der Waals surface area contributed by atoms with E-state index in [9.17, 15) is 4.79 Å². The van der Waals surface area contributed by atoms with Gasteiger partial charge in [0.25, 0.3) is 0 Å². The second-order valence-corrected chi connectivity index (χ2v) is 4.11. The highest BCUT2D eigenvalue weighted by molar-refractivity contribution is 5.74. The lowest BCUT2D eigenvalue weighted by molar-refractivity contribution is -0.146. The largest absolute Gasteiger partial charge is 0.469 e. The Labute approximate surface area is 89.2 Å². The lowest BCUT2D eigenvalue weighted by atomic mass is 9.83. The molecule has 2 bridgehead atoms. The average Bonchev–Trinajstić information content (AvgIpc) is 2.85. The van der Waals surface area contributed by atoms with Crippen molar-refractivity contribution in [1.29, 1.82) is 0 Å². The van der Waals surface area contributed by atoms with Crippen molar-refractivity contribution in [3.63, 3.8) is 0 Å². The van der Waals surface area contributed by atoms with Crippen LogP contribution < -0.4 is 0 Å². The molecule has 4 unspecified atom stereocenters. The zero-order valence-electron chi connectivity index (χ0n) is 9.23. The fourth-order valence-corrected chi connectivity index (χ4v) is 2.35. The second kappa shape index (κ2) is 3.61. The quantitative estimate of drug-likeness (QED) is 0.515. The van der Waals surface area contributed by atoms with E-state index in [1.165, 1.54) is 7.11 Å². The van der Waals surface area contributed by atoms with Crippen molar-refractivity contribution in [2.75, 3.05) is 14.2 Å². The van der Waals surface area contributed by atoms with E-state index in [0.717, 1.165) is 0 Å². The van der Waals surface area contributed by atoms with Crippen LogP contribution in [0.3, 0.4) is 0 Å². The van der Waals surface area contributed by atoms with Crippen LogP contribution in [0.25, 0.3) is 0 Å². The van der Waals surface area contributed by atoms with Crippen LogP contribution in [0.5, 0.6) is 0 Å². The van der Waals surface area contributed by atoms with Crippen LogP contribution in [0.15, 0.2) is 12.2 Å². The van der Waals surface area contributed by atoms with Crippen molar-refractivity contribution in [3.05, 3.63) is 12.2 Å². The molecular weight excluding hydrogens is 196 g/mol. The first kappa shape index (κ1) is 10.6. The Hall–Kier alpha value is -0.870. The van der Waals surface area contributed by atoms with Crippen LogP contribution in [0.4, 0.5) is 0 Å². The molecule has 0 aliphatic carbocycles. The third-order valence-electron chi connectivity index (χ3n) is 3.40. The molecule has 4 atom stereocenters. The summed E-state index contributed by atoms with van der Waals surface area (Å²) in [7, 11) is 3.06. The molecule has 1 saturated heterocycles. The Morgan fingerprint density at radius 2 is 2.33 bits per heavy atom. The molecule has 0 aromatic rings. The number of carbonyl (C=O) groups is 1. The summed E-state index contributed by atoms with van der Waals surface area (Å²) >= 11 is 0. The van der Waals surface area contributed by atoms with Gasteiger partial charge in [-0.15, -0.1) is 0 Å². The number of esters is 1. The van der Waals surface area contributed by atoms with Crippen LogP contribution in [0.2, 0.25) is 0 Å². The Balaban J connectivity index is 2.16. The monoisotopic (exact) mass is 212 g/mol. The Kier molecular flexibility index (Phi) is 2.56. The van der Waals surface area contributed by atoms with Crippen molar-refractivity contribution in [2.24, 2.45) is 5.92 Å². The number of fused-ring (bicyclic) bond motifs is 2. The van der Waals surface area contributed by atoms with Gasteiger partial charge in [-0.3, -0.25) is 4.79 Å². The van der Waals surface area contributed by atoms with Gasteiger partial charge in [0.05, 0.1) is 25.2 Å². The molecule has 0 aromatic carbocycles. The first-order valence-corrected chi connectivity index (χ1v) is 5.11. The molecule has 0 aromatic heterocycles. The summed E-state index contributed by atoms with van der Waals surface area (Å²) in [6, 6.07) is 0. The van der Waals surface area contributed by atoms with Crippen LogP contribution in [0, 0.1) is 5.92 Å². The lowest BCUT2D eigenvalue weighted by Gasteiger charge is -2.28. The van der Waals surface area contributed by atoms with Crippen molar-refractivity contribution in [2.45, 2.75) is 31.2 Å². The van der Waals surface area contributed by atoms with Gasteiger partial charge in [-0.25, -0.2) is 0 Å². The highest BCUT2D eigenvalue weighted by atomic mass is 16.6. The number of methoxy groups -OCH3 is 2. The number of hydrogen-bond acceptors (Lipinski definition) is 4. The molecule has 2 aliphatic heterocycles. The molecule has 4 nitrogen and oxygen atoms in total. The molecule has 2 heterocycles. The fourth-order valence-electron chi connectivity index (χ4n) is 2.35. The van der Waals surface area contributed by atoms with Gasteiger partial charge in [-0.2, -0.15) is 0 Å². The van der Waals surface area contributed by atoms with Gasteiger partial charge in [-0.1, -0.05) is 12.2 Å². The van der Waals surface area contributed by atoms with Crippen LogP contribution in [0.1, 0.15) is 13.3 Å². The highest BCUT2D eigenvalue weighted by Crippen LogP contribution is 2.45. The molecule has 2 aliphatic rings. The van der Waals surface area contributed by atoms with Crippen LogP contribution in [-0.2, 0) is 19.0 Å². The van der Waals surface area contributed by atoms with E-state index >= 15 is 0 Å². The summed E-state index contributed by atoms with van der Waals surface area (Å²) in [5, 5.41) is 0. The molecule has 84 valence electrons. The Bertz CT molecular complexity index is 299. The summed E-state index contributed by atoms with van der Waals surface area (Å²) in [5.74, 6) is -0.382. The molecule has 0 radical (unpaired) electrons. The predicted molar refractivity (Wildman–Crippen MR) is 53.3 cm³/mol. The van der Waals surface area contributed by atoms with Crippen molar-refractivity contribution in [1.82, 2.24) is 0 Å². The van der Waals surface area contributed by atoms with Gasteiger partial charge in [-0.05, 0) is 13.3 Å². The van der Waals surface area contributed by atoms with E-state index in [2.05, 4.69) is 0 Å². The molecule has 0 spiro atoms. The van der Waals surface area contributed by atoms with Gasteiger partial charge >= 0.3 is 5.97 Å². The molecule has 4 heteroatoms. The normalized spacial score (nSPS) is 39.4. The number of rotatable bonds is 3. The van der Waals surface area contributed by atoms with E-state index in [1.54, 1.807) is 7.11 Å². The van der Waals surface area contributed by atoms with Gasteiger partial charge in [0.1, 0.15) is 5.60 Å². The first-order chi connectivity index (χ1) is 7.13. The summed E-state index contributed by atoms with van der Waals surface area (Å²) in [4.78, 5) is 11.5. The summed E-state index contributed by atoms with van der Waals surface area (Å²) < 4.78 is 15.9. The third kappa shape index (κ3) is 1.48. The average molecular weight is 212 g/mol. The Morgan fingerprint density at radius 3 is 2.93 bits per heavy atom. The fraction of sp³-hybridized carbons (Fsp3) is 0.727. The summed E-state index contributed by atoms with van der Waals surface area (Å²) in [5.41, 5.74) is -0.432. The van der Waals surface area contributed by atoms with Gasteiger partial charge in [0.15, 0.2) is 0 Å². The lowest BCUT2D eigenvalue weighted by Crippen LogP contribution is -2.38. The van der Waals surface area contributed by atoms with E-state index in [-0.39, 0.29) is 24.1 Å². The van der Waals surface area contributed by atoms with Crippen molar-refractivity contribution in [3.8, 4) is 0 Å². The maximum Gasteiger partial charge on any atom is 0.311 e. The zero-order chi connectivity index (χ0) is 11.1. The molecule has 0 amide bonds. The SMILES string of the molecule is COC(=O)C1CC2(C(C)OC)C=CC1O2. The number of carbonyl (C=O) groups excluding carboxylic acids is 1. The molecule has 0 saturated carbocycles.